The van der Waals surface area contributed by atoms with E-state index < -0.39 is 6.23 Å². The summed E-state index contributed by atoms with van der Waals surface area (Å²) in [5.41, 5.74) is 1.73. The fraction of sp³-hybridized carbons (Fsp3) is 0.684. The molecule has 2 unspecified atom stereocenters. The van der Waals surface area contributed by atoms with Gasteiger partial charge in [0.25, 0.3) is 0 Å². The second-order valence-corrected chi connectivity index (χ2v) is 7.80. The van der Waals surface area contributed by atoms with Crippen LogP contribution in [-0.4, -0.2) is 22.5 Å². The highest BCUT2D eigenvalue weighted by Gasteiger charge is 2.43. The zero-order chi connectivity index (χ0) is 15.8. The summed E-state index contributed by atoms with van der Waals surface area (Å²) in [7, 11) is 0. The van der Waals surface area contributed by atoms with E-state index in [1.165, 1.54) is 38.5 Å². The first-order valence-electron chi connectivity index (χ1n) is 9.23. The normalized spacial score (nSPS) is 34.2. The molecule has 1 aromatic rings. The van der Waals surface area contributed by atoms with Crippen molar-refractivity contribution >= 4 is 11.4 Å². The van der Waals surface area contributed by atoms with Gasteiger partial charge in [-0.1, -0.05) is 25.7 Å². The number of hydrogen-bond acceptors (Lipinski definition) is 4. The molecule has 4 aliphatic rings. The number of phenols is 1. The molecular formula is C19H28N2O2. The number of aliphatic hydroxyl groups excluding tert-OH is 1. The Morgan fingerprint density at radius 3 is 2.57 bits per heavy atom. The highest BCUT2D eigenvalue weighted by atomic mass is 16.3. The van der Waals surface area contributed by atoms with Crippen LogP contribution in [0.4, 0.5) is 11.4 Å². The summed E-state index contributed by atoms with van der Waals surface area (Å²) < 4.78 is 0. The zero-order valence-corrected chi connectivity index (χ0v) is 13.7. The predicted octanol–water partition coefficient (Wildman–Crippen LogP) is 3.91. The molecule has 3 saturated carbocycles. The van der Waals surface area contributed by atoms with Crippen molar-refractivity contribution in [3.8, 4) is 5.75 Å². The molecule has 0 aromatic heterocycles. The molecule has 23 heavy (non-hydrogen) atoms. The Hall–Kier alpha value is -1.42. The molecule has 3 aliphatic carbocycles. The van der Waals surface area contributed by atoms with E-state index in [2.05, 4.69) is 10.6 Å². The van der Waals surface area contributed by atoms with Crippen LogP contribution in [0.25, 0.3) is 0 Å². The summed E-state index contributed by atoms with van der Waals surface area (Å²) in [6, 6.07) is 5.23. The highest BCUT2D eigenvalue weighted by molar-refractivity contribution is 5.73. The van der Waals surface area contributed by atoms with Gasteiger partial charge in [0, 0.05) is 6.07 Å². The third-order valence-electron chi connectivity index (χ3n) is 6.19. The van der Waals surface area contributed by atoms with E-state index >= 15 is 0 Å². The van der Waals surface area contributed by atoms with Gasteiger partial charge in [-0.3, -0.25) is 0 Å². The van der Waals surface area contributed by atoms with Crippen molar-refractivity contribution in [2.75, 3.05) is 10.6 Å². The Labute approximate surface area is 138 Å². The summed E-state index contributed by atoms with van der Waals surface area (Å²) in [6.07, 6.45) is 10.1. The number of benzene rings is 1. The quantitative estimate of drug-likeness (QED) is 0.474. The van der Waals surface area contributed by atoms with Gasteiger partial charge < -0.3 is 20.8 Å². The van der Waals surface area contributed by atoms with Crippen molar-refractivity contribution in [1.29, 1.82) is 0 Å². The number of hydrogen-bond donors (Lipinski definition) is 4. The van der Waals surface area contributed by atoms with Crippen LogP contribution in [0.1, 0.15) is 51.4 Å². The van der Waals surface area contributed by atoms with Crippen molar-refractivity contribution in [3.63, 3.8) is 0 Å². The van der Waals surface area contributed by atoms with Gasteiger partial charge in [-0.25, -0.2) is 0 Å². The van der Waals surface area contributed by atoms with Gasteiger partial charge in [-0.15, -0.1) is 0 Å². The monoisotopic (exact) mass is 316 g/mol. The van der Waals surface area contributed by atoms with Gasteiger partial charge in [0.15, 0.2) is 0 Å². The minimum absolute atomic E-state index is 0.0475. The fourth-order valence-corrected chi connectivity index (χ4v) is 4.83. The Morgan fingerprint density at radius 2 is 1.78 bits per heavy atom. The van der Waals surface area contributed by atoms with Crippen LogP contribution in [-0.2, 0) is 0 Å². The van der Waals surface area contributed by atoms with E-state index in [4.69, 9.17) is 0 Å². The molecule has 3 fully saturated rings. The average molecular weight is 316 g/mol. The van der Waals surface area contributed by atoms with Crippen LogP contribution in [0, 0.1) is 17.8 Å². The maximum atomic E-state index is 10.2. The van der Waals surface area contributed by atoms with E-state index in [1.54, 1.807) is 12.1 Å². The standard InChI is InChI=1S/C19H28N2O2/c22-15-6-7-16-18(11-15)21-19(23)17(20-16)5-3-1-2-4-13-8-12-9-14(13)10-12/h6-7,11-14,17,19-23H,1-5,8-10H2/t12?,13-,14?,17?,19?/m0/s1. The predicted molar refractivity (Wildman–Crippen MR) is 92.6 cm³/mol. The summed E-state index contributed by atoms with van der Waals surface area (Å²) in [5.74, 6) is 3.39. The molecular weight excluding hydrogens is 288 g/mol. The van der Waals surface area contributed by atoms with Gasteiger partial charge >= 0.3 is 0 Å². The van der Waals surface area contributed by atoms with Crippen molar-refractivity contribution in [2.24, 2.45) is 17.8 Å². The van der Waals surface area contributed by atoms with Crippen LogP contribution in [0.5, 0.6) is 5.75 Å². The van der Waals surface area contributed by atoms with Crippen molar-refractivity contribution in [3.05, 3.63) is 18.2 Å². The Balaban J connectivity index is 1.19. The third kappa shape index (κ3) is 3.14. The minimum atomic E-state index is -0.591. The number of unbranched alkanes of at least 4 members (excludes halogenated alkanes) is 2. The topological polar surface area (TPSA) is 64.5 Å². The maximum Gasteiger partial charge on any atom is 0.144 e. The number of rotatable bonds is 6. The van der Waals surface area contributed by atoms with E-state index in [-0.39, 0.29) is 11.8 Å². The molecule has 1 aliphatic heterocycles. The fourth-order valence-electron chi connectivity index (χ4n) is 4.83. The molecule has 1 heterocycles. The molecule has 0 amide bonds. The molecule has 0 spiro atoms. The summed E-state index contributed by atoms with van der Waals surface area (Å²) in [6.45, 7) is 0. The lowest BCUT2D eigenvalue weighted by Crippen LogP contribution is -2.42. The lowest BCUT2D eigenvalue weighted by atomic mass is 9.81. The number of aromatic hydroxyl groups is 1. The van der Waals surface area contributed by atoms with Crippen LogP contribution >= 0.6 is 0 Å². The molecule has 1 aromatic carbocycles. The van der Waals surface area contributed by atoms with E-state index in [0.29, 0.717) is 0 Å². The molecule has 0 radical (unpaired) electrons. The number of phenolic OH excluding ortho intramolecular Hbond substituents is 1. The SMILES string of the molecule is Oc1ccc2c(c1)NC(O)C(CCCCC[C@H]1CC3CC1C3)N2. The number of nitrogens with one attached hydrogen (secondary N) is 2. The first-order chi connectivity index (χ1) is 11.2. The number of fused-ring (bicyclic) bond motifs is 2. The highest BCUT2D eigenvalue weighted by Crippen LogP contribution is 2.53. The van der Waals surface area contributed by atoms with Crippen LogP contribution in [0.2, 0.25) is 0 Å². The Bertz CT molecular complexity index is 556. The van der Waals surface area contributed by atoms with Crippen LogP contribution in [0.3, 0.4) is 0 Å². The molecule has 4 N–H and O–H groups in total. The van der Waals surface area contributed by atoms with Gasteiger partial charge in [0.2, 0.25) is 0 Å². The zero-order valence-electron chi connectivity index (χ0n) is 13.7. The summed E-state index contributed by atoms with van der Waals surface area (Å²) in [5, 5.41) is 26.2. The van der Waals surface area contributed by atoms with E-state index in [1.807, 2.05) is 6.07 Å². The average Bonchev–Trinajstić information content (AvgIpc) is 3.06. The molecule has 4 nitrogen and oxygen atoms in total. The van der Waals surface area contributed by atoms with Crippen LogP contribution in [0.15, 0.2) is 18.2 Å². The number of aliphatic hydroxyl groups is 1. The van der Waals surface area contributed by atoms with Crippen molar-refractivity contribution in [2.45, 2.75) is 63.6 Å². The van der Waals surface area contributed by atoms with E-state index in [0.717, 1.165) is 42.0 Å². The second kappa shape index (κ2) is 6.23. The molecule has 0 saturated heterocycles. The largest absolute Gasteiger partial charge is 0.508 e. The first kappa shape index (κ1) is 15.1. The van der Waals surface area contributed by atoms with Crippen molar-refractivity contribution in [1.82, 2.24) is 0 Å². The van der Waals surface area contributed by atoms with Gasteiger partial charge in [-0.05, 0) is 55.6 Å². The first-order valence-corrected chi connectivity index (χ1v) is 9.23. The van der Waals surface area contributed by atoms with Gasteiger partial charge in [-0.2, -0.15) is 0 Å². The summed E-state index contributed by atoms with van der Waals surface area (Å²) in [4.78, 5) is 0. The Kier molecular flexibility index (Phi) is 4.10. The lowest BCUT2D eigenvalue weighted by Gasteiger charge is -2.33. The minimum Gasteiger partial charge on any atom is -0.508 e. The third-order valence-corrected chi connectivity index (χ3v) is 6.19. The smallest absolute Gasteiger partial charge is 0.144 e. The molecule has 4 heteroatoms. The van der Waals surface area contributed by atoms with E-state index in [9.17, 15) is 10.2 Å². The van der Waals surface area contributed by atoms with Gasteiger partial charge in [0.1, 0.15) is 12.0 Å². The summed E-state index contributed by atoms with van der Waals surface area (Å²) >= 11 is 0. The molecule has 3 atom stereocenters. The van der Waals surface area contributed by atoms with Crippen LogP contribution < -0.4 is 10.6 Å². The lowest BCUT2D eigenvalue weighted by molar-refractivity contribution is 0.171. The number of anilines is 2. The molecule has 126 valence electrons. The second-order valence-electron chi connectivity index (χ2n) is 7.80. The van der Waals surface area contributed by atoms with Gasteiger partial charge in [0.05, 0.1) is 17.4 Å². The Morgan fingerprint density at radius 1 is 0.957 bits per heavy atom. The maximum absolute atomic E-state index is 10.2. The van der Waals surface area contributed by atoms with Crippen molar-refractivity contribution < 1.29 is 10.2 Å². The molecule has 5 rings (SSSR count). The molecule has 2 bridgehead atoms.